The topological polar surface area (TPSA) is 60.6 Å². The summed E-state index contributed by atoms with van der Waals surface area (Å²) in [5.74, 6) is 2.06. The predicted molar refractivity (Wildman–Crippen MR) is 127 cm³/mol. The van der Waals surface area contributed by atoms with Crippen molar-refractivity contribution in [2.24, 2.45) is 29.7 Å². The first-order valence-electron chi connectivity index (χ1n) is 11.9. The fraction of sp³-hybridized carbons (Fsp3) is 0.654. The predicted octanol–water partition coefficient (Wildman–Crippen LogP) is 5.36. The number of allylic oxidation sites excluding steroid dienone is 4. The Bertz CT molecular complexity index is 1030. The quantitative estimate of drug-likeness (QED) is 0.521. The highest BCUT2D eigenvalue weighted by molar-refractivity contribution is 5.79. The monoisotopic (exact) mass is 422 g/mol. The SMILES string of the molecule is C/C(=C\Cn1c[n+](C)c2ncnc(N)c21)CC[C@]1(C)C2=CCCC(C)(C)[C@H]2CC[C@H]1C. The molecule has 0 saturated heterocycles. The van der Waals surface area contributed by atoms with Crippen LogP contribution in [-0.2, 0) is 13.6 Å². The van der Waals surface area contributed by atoms with Crippen LogP contribution >= 0.6 is 0 Å². The number of hydrogen-bond acceptors (Lipinski definition) is 3. The van der Waals surface area contributed by atoms with Gasteiger partial charge in [-0.2, -0.15) is 4.98 Å². The fourth-order valence-electron chi connectivity index (χ4n) is 6.11. The molecule has 1 fully saturated rings. The second kappa shape index (κ2) is 8.07. The molecule has 31 heavy (non-hydrogen) atoms. The van der Waals surface area contributed by atoms with E-state index in [2.05, 4.69) is 67.6 Å². The van der Waals surface area contributed by atoms with E-state index in [4.69, 9.17) is 5.73 Å². The Morgan fingerprint density at radius 1 is 1.29 bits per heavy atom. The summed E-state index contributed by atoms with van der Waals surface area (Å²) in [6.07, 6.45) is 16.2. The van der Waals surface area contributed by atoms with E-state index in [1.54, 1.807) is 5.57 Å². The van der Waals surface area contributed by atoms with Gasteiger partial charge >= 0.3 is 5.65 Å². The molecule has 0 radical (unpaired) electrons. The van der Waals surface area contributed by atoms with Gasteiger partial charge in [0, 0.05) is 0 Å². The van der Waals surface area contributed by atoms with Crippen molar-refractivity contribution in [1.29, 1.82) is 0 Å². The van der Waals surface area contributed by atoms with Crippen LogP contribution in [0.4, 0.5) is 5.82 Å². The lowest BCUT2D eigenvalue weighted by Crippen LogP contribution is -2.43. The largest absolute Gasteiger partial charge is 0.380 e. The Balaban J connectivity index is 1.50. The zero-order chi connectivity index (χ0) is 22.4. The van der Waals surface area contributed by atoms with E-state index < -0.39 is 0 Å². The van der Waals surface area contributed by atoms with E-state index in [9.17, 15) is 0 Å². The smallest absolute Gasteiger partial charge is 0.307 e. The van der Waals surface area contributed by atoms with Crippen molar-refractivity contribution in [1.82, 2.24) is 14.5 Å². The minimum absolute atomic E-state index is 0.320. The molecule has 1 saturated carbocycles. The molecule has 4 rings (SSSR count). The van der Waals surface area contributed by atoms with Crippen LogP contribution in [-0.4, -0.2) is 14.5 Å². The Kier molecular flexibility index (Phi) is 5.74. The van der Waals surface area contributed by atoms with Gasteiger partial charge in [0.2, 0.25) is 5.52 Å². The van der Waals surface area contributed by atoms with Crippen LogP contribution in [0.15, 0.2) is 36.0 Å². The molecular weight excluding hydrogens is 382 g/mol. The molecule has 2 aliphatic carbocycles. The standard InChI is InChI=1S/C26H40N5/c1-18(12-15-31-17-30(6)24-22(31)23(27)28-16-29-24)11-14-26(5)19(2)9-10-20-21(26)8-7-13-25(20,3)4/h8,12,16-17,19-20H,7,9-11,13-15H2,1-6H3,(H2,27,28,29)/q+1/b18-12+/t19-,20+,26+/m1/s1. The van der Waals surface area contributed by atoms with Crippen LogP contribution in [0.25, 0.3) is 11.2 Å². The average molecular weight is 423 g/mol. The van der Waals surface area contributed by atoms with Crippen molar-refractivity contribution in [2.45, 2.75) is 79.7 Å². The maximum Gasteiger partial charge on any atom is 0.307 e. The van der Waals surface area contributed by atoms with Crippen LogP contribution in [0, 0.1) is 22.7 Å². The van der Waals surface area contributed by atoms with Crippen molar-refractivity contribution in [3.8, 4) is 0 Å². The second-order valence-corrected chi connectivity index (χ2v) is 11.0. The highest BCUT2D eigenvalue weighted by Crippen LogP contribution is 2.58. The number of hydrogen-bond donors (Lipinski definition) is 1. The molecule has 0 amide bonds. The minimum atomic E-state index is 0.320. The number of fused-ring (bicyclic) bond motifs is 2. The van der Waals surface area contributed by atoms with Gasteiger partial charge in [0.25, 0.3) is 0 Å². The number of rotatable bonds is 5. The first kappa shape index (κ1) is 22.0. The van der Waals surface area contributed by atoms with Crippen LogP contribution in [0.5, 0.6) is 0 Å². The van der Waals surface area contributed by atoms with E-state index in [1.165, 1.54) is 44.0 Å². The number of aryl methyl sites for hydroxylation is 1. The van der Waals surface area contributed by atoms with E-state index in [0.29, 0.717) is 16.6 Å². The molecular formula is C26H40N5+. The lowest BCUT2D eigenvalue weighted by atomic mass is 9.52. The number of imidazole rings is 1. The van der Waals surface area contributed by atoms with Gasteiger partial charge in [-0.1, -0.05) is 56.0 Å². The van der Waals surface area contributed by atoms with Gasteiger partial charge in [-0.05, 0) is 68.1 Å². The van der Waals surface area contributed by atoms with Gasteiger partial charge in [-0.3, -0.25) is 4.57 Å². The van der Waals surface area contributed by atoms with E-state index in [0.717, 1.165) is 36.0 Å². The van der Waals surface area contributed by atoms with Crippen molar-refractivity contribution in [3.05, 3.63) is 36.0 Å². The highest BCUT2D eigenvalue weighted by Gasteiger charge is 2.47. The van der Waals surface area contributed by atoms with Crippen molar-refractivity contribution in [3.63, 3.8) is 0 Å². The minimum Gasteiger partial charge on any atom is -0.380 e. The Hall–Kier alpha value is -2.17. The first-order valence-corrected chi connectivity index (χ1v) is 11.9. The average Bonchev–Trinajstić information content (AvgIpc) is 3.05. The molecule has 2 N–H and O–H groups in total. The van der Waals surface area contributed by atoms with Gasteiger partial charge in [-0.15, -0.1) is 0 Å². The molecule has 2 heterocycles. The molecule has 0 aliphatic heterocycles. The number of nitrogens with two attached hydrogens (primary N) is 1. The lowest BCUT2D eigenvalue weighted by Gasteiger charge is -2.53. The summed E-state index contributed by atoms with van der Waals surface area (Å²) in [6.45, 7) is 13.1. The third-order valence-corrected chi connectivity index (χ3v) is 8.55. The van der Waals surface area contributed by atoms with Crippen LogP contribution in [0.3, 0.4) is 0 Å². The lowest BCUT2D eigenvalue weighted by molar-refractivity contribution is -0.647. The third kappa shape index (κ3) is 3.92. The molecule has 2 aliphatic rings. The molecule has 3 atom stereocenters. The van der Waals surface area contributed by atoms with Gasteiger partial charge in [-0.25, -0.2) is 4.57 Å². The number of aromatic nitrogens is 4. The van der Waals surface area contributed by atoms with Crippen molar-refractivity contribution in [2.75, 3.05) is 5.73 Å². The summed E-state index contributed by atoms with van der Waals surface area (Å²) in [4.78, 5) is 8.56. The molecule has 2 aromatic heterocycles. The summed E-state index contributed by atoms with van der Waals surface area (Å²) in [5, 5.41) is 0. The normalized spacial score (nSPS) is 28.5. The van der Waals surface area contributed by atoms with Gasteiger partial charge in [0.1, 0.15) is 0 Å². The number of nitrogen functional groups attached to an aromatic ring is 1. The summed E-state index contributed by atoms with van der Waals surface area (Å²) >= 11 is 0. The first-order chi connectivity index (χ1) is 14.6. The van der Waals surface area contributed by atoms with Crippen LogP contribution in [0.1, 0.15) is 73.1 Å². The van der Waals surface area contributed by atoms with Gasteiger partial charge < -0.3 is 5.73 Å². The van der Waals surface area contributed by atoms with E-state index >= 15 is 0 Å². The Morgan fingerprint density at radius 2 is 2.06 bits per heavy atom. The maximum absolute atomic E-state index is 6.14. The highest BCUT2D eigenvalue weighted by atomic mass is 15.2. The van der Waals surface area contributed by atoms with Crippen molar-refractivity contribution < 1.29 is 4.57 Å². The Morgan fingerprint density at radius 3 is 2.84 bits per heavy atom. The van der Waals surface area contributed by atoms with Crippen molar-refractivity contribution >= 4 is 17.0 Å². The molecule has 0 unspecified atom stereocenters. The summed E-state index contributed by atoms with van der Waals surface area (Å²) in [7, 11) is 2.00. The molecule has 5 nitrogen and oxygen atoms in total. The molecule has 2 aromatic rings. The molecule has 168 valence electrons. The molecule has 0 spiro atoms. The second-order valence-electron chi connectivity index (χ2n) is 11.0. The van der Waals surface area contributed by atoms with Gasteiger partial charge in [0.15, 0.2) is 18.5 Å². The maximum atomic E-state index is 6.14. The number of nitrogens with zero attached hydrogens (tertiary/aromatic N) is 4. The van der Waals surface area contributed by atoms with Gasteiger partial charge in [0.05, 0.1) is 13.6 Å². The number of anilines is 1. The van der Waals surface area contributed by atoms with E-state index in [1.807, 2.05) is 11.6 Å². The van der Waals surface area contributed by atoms with Crippen LogP contribution in [0.2, 0.25) is 0 Å². The summed E-state index contributed by atoms with van der Waals surface area (Å²) in [5.41, 5.74) is 11.9. The summed E-state index contributed by atoms with van der Waals surface area (Å²) < 4.78 is 4.17. The zero-order valence-corrected chi connectivity index (χ0v) is 20.3. The third-order valence-electron chi connectivity index (χ3n) is 8.55. The molecule has 0 aromatic carbocycles. The Labute approximate surface area is 187 Å². The molecule has 5 heteroatoms. The van der Waals surface area contributed by atoms with E-state index in [-0.39, 0.29) is 0 Å². The summed E-state index contributed by atoms with van der Waals surface area (Å²) in [6, 6.07) is 0. The zero-order valence-electron chi connectivity index (χ0n) is 20.3. The molecule has 0 bridgehead atoms. The van der Waals surface area contributed by atoms with Crippen LogP contribution < -0.4 is 10.3 Å². The fourth-order valence-corrected chi connectivity index (χ4v) is 6.11.